The molecule has 1 aromatic carbocycles. The van der Waals surface area contributed by atoms with Crippen LogP contribution >= 0.6 is 11.8 Å². The highest BCUT2D eigenvalue weighted by molar-refractivity contribution is 7.99. The fourth-order valence-electron chi connectivity index (χ4n) is 1.07. The quantitative estimate of drug-likeness (QED) is 0.699. The topological polar surface area (TPSA) is 26.3 Å². The van der Waals surface area contributed by atoms with Crippen molar-refractivity contribution in [2.24, 2.45) is 0 Å². The van der Waals surface area contributed by atoms with E-state index in [-0.39, 0.29) is 5.78 Å². The summed E-state index contributed by atoms with van der Waals surface area (Å²) < 4.78 is 5.05. The number of ether oxygens (including phenoxy) is 1. The van der Waals surface area contributed by atoms with Crippen molar-refractivity contribution >= 4 is 17.5 Å². The van der Waals surface area contributed by atoms with E-state index >= 15 is 0 Å². The van der Waals surface area contributed by atoms with Crippen LogP contribution in [0.3, 0.4) is 0 Å². The Morgan fingerprint density at radius 3 is 2.93 bits per heavy atom. The van der Waals surface area contributed by atoms with E-state index in [1.807, 2.05) is 25.1 Å². The van der Waals surface area contributed by atoms with E-state index < -0.39 is 0 Å². The van der Waals surface area contributed by atoms with Crippen LogP contribution in [0.5, 0.6) is 5.75 Å². The molecule has 76 valence electrons. The first kappa shape index (κ1) is 11.1. The van der Waals surface area contributed by atoms with Gasteiger partial charge in [-0.2, -0.15) is 11.8 Å². The second-order valence-electron chi connectivity index (χ2n) is 2.79. The highest BCUT2D eigenvalue weighted by Gasteiger charge is 2.05. The average molecular weight is 210 g/mol. The van der Waals surface area contributed by atoms with Crippen LogP contribution in [-0.2, 0) is 0 Å². The summed E-state index contributed by atoms with van der Waals surface area (Å²) in [5.74, 6) is 2.41. The molecule has 0 amide bonds. The minimum absolute atomic E-state index is 0.163. The van der Waals surface area contributed by atoms with Crippen LogP contribution in [0, 0.1) is 0 Å². The van der Waals surface area contributed by atoms with Crippen molar-refractivity contribution in [1.82, 2.24) is 0 Å². The number of hydrogen-bond acceptors (Lipinski definition) is 3. The zero-order chi connectivity index (χ0) is 10.4. The van der Waals surface area contributed by atoms with Crippen molar-refractivity contribution in [1.29, 1.82) is 0 Å². The van der Waals surface area contributed by atoms with Gasteiger partial charge in [-0.1, -0.05) is 19.1 Å². The Morgan fingerprint density at radius 1 is 1.50 bits per heavy atom. The van der Waals surface area contributed by atoms with Crippen molar-refractivity contribution in [3.05, 3.63) is 29.8 Å². The van der Waals surface area contributed by atoms with Gasteiger partial charge in [0, 0.05) is 5.56 Å². The van der Waals surface area contributed by atoms with E-state index in [0.717, 1.165) is 17.1 Å². The molecule has 0 aliphatic carbocycles. The van der Waals surface area contributed by atoms with Gasteiger partial charge in [-0.15, -0.1) is 0 Å². The highest BCUT2D eigenvalue weighted by atomic mass is 32.2. The number of hydrogen-bond donors (Lipinski definition) is 0. The highest BCUT2D eigenvalue weighted by Crippen LogP contribution is 2.14. The Morgan fingerprint density at radius 2 is 2.29 bits per heavy atom. The molecule has 14 heavy (non-hydrogen) atoms. The van der Waals surface area contributed by atoms with Gasteiger partial charge in [0.15, 0.2) is 5.78 Å². The summed E-state index contributed by atoms with van der Waals surface area (Å²) in [5, 5.41) is 0. The third-order valence-electron chi connectivity index (χ3n) is 1.83. The second-order valence-corrected chi connectivity index (χ2v) is 4.07. The number of Topliss-reactive ketones (excluding diaryl/α,β-unsaturated/α-hetero) is 1. The molecule has 3 heteroatoms. The van der Waals surface area contributed by atoms with Gasteiger partial charge in [0.25, 0.3) is 0 Å². The SMILES string of the molecule is CCSCC(=O)c1cccc(OC)c1. The van der Waals surface area contributed by atoms with E-state index in [0.29, 0.717) is 5.75 Å². The molecule has 0 unspecified atom stereocenters. The molecule has 0 spiro atoms. The van der Waals surface area contributed by atoms with E-state index in [9.17, 15) is 4.79 Å². The molecule has 0 aliphatic heterocycles. The predicted octanol–water partition coefficient (Wildman–Crippen LogP) is 2.63. The minimum atomic E-state index is 0.163. The van der Waals surface area contributed by atoms with Crippen LogP contribution in [0.25, 0.3) is 0 Å². The first-order valence-corrected chi connectivity index (χ1v) is 5.68. The lowest BCUT2D eigenvalue weighted by atomic mass is 10.1. The lowest BCUT2D eigenvalue weighted by Crippen LogP contribution is -2.02. The first-order valence-electron chi connectivity index (χ1n) is 4.53. The van der Waals surface area contributed by atoms with Gasteiger partial charge in [0.05, 0.1) is 12.9 Å². The molecule has 0 N–H and O–H groups in total. The number of carbonyl (C=O) groups excluding carboxylic acids is 1. The van der Waals surface area contributed by atoms with Gasteiger partial charge in [-0.05, 0) is 17.9 Å². The maximum atomic E-state index is 11.6. The van der Waals surface area contributed by atoms with Gasteiger partial charge >= 0.3 is 0 Å². The maximum Gasteiger partial charge on any atom is 0.172 e. The Labute approximate surface area is 88.7 Å². The molecule has 0 heterocycles. The van der Waals surface area contributed by atoms with Gasteiger partial charge in [-0.25, -0.2) is 0 Å². The lowest BCUT2D eigenvalue weighted by molar-refractivity contribution is 0.102. The largest absolute Gasteiger partial charge is 0.497 e. The van der Waals surface area contributed by atoms with Crippen molar-refractivity contribution in [2.75, 3.05) is 18.6 Å². The molecule has 0 aromatic heterocycles. The average Bonchev–Trinajstić information content (AvgIpc) is 2.26. The summed E-state index contributed by atoms with van der Waals surface area (Å²) in [6, 6.07) is 7.27. The smallest absolute Gasteiger partial charge is 0.172 e. The van der Waals surface area contributed by atoms with Crippen molar-refractivity contribution in [3.8, 4) is 5.75 Å². The standard InChI is InChI=1S/C11H14O2S/c1-3-14-8-11(12)9-5-4-6-10(7-9)13-2/h4-7H,3,8H2,1-2H3. The van der Waals surface area contributed by atoms with E-state index in [4.69, 9.17) is 4.74 Å². The Bertz CT molecular complexity index is 310. The van der Waals surface area contributed by atoms with Crippen LogP contribution in [0.4, 0.5) is 0 Å². The zero-order valence-electron chi connectivity index (χ0n) is 8.45. The summed E-state index contributed by atoms with van der Waals surface area (Å²) in [5.41, 5.74) is 0.727. The van der Waals surface area contributed by atoms with Crippen LogP contribution in [0.2, 0.25) is 0 Å². The molecule has 2 nitrogen and oxygen atoms in total. The van der Waals surface area contributed by atoms with Crippen LogP contribution in [-0.4, -0.2) is 24.4 Å². The second kappa shape index (κ2) is 5.70. The molecule has 0 saturated carbocycles. The number of thioether (sulfide) groups is 1. The molecule has 0 fully saturated rings. The third kappa shape index (κ3) is 3.07. The molecule has 1 aromatic rings. The molecule has 0 bridgehead atoms. The summed E-state index contributed by atoms with van der Waals surface area (Å²) in [6.45, 7) is 2.05. The van der Waals surface area contributed by atoms with Crippen LogP contribution < -0.4 is 4.74 Å². The summed E-state index contributed by atoms with van der Waals surface area (Å²) >= 11 is 1.63. The molecule has 0 atom stereocenters. The zero-order valence-corrected chi connectivity index (χ0v) is 9.26. The maximum absolute atomic E-state index is 11.6. The number of benzene rings is 1. The molecular formula is C11H14O2S. The van der Waals surface area contributed by atoms with Crippen LogP contribution in [0.1, 0.15) is 17.3 Å². The molecule has 0 saturated heterocycles. The fraction of sp³-hybridized carbons (Fsp3) is 0.364. The normalized spacial score (nSPS) is 9.86. The lowest BCUT2D eigenvalue weighted by Gasteiger charge is -2.02. The minimum Gasteiger partial charge on any atom is -0.497 e. The Kier molecular flexibility index (Phi) is 4.53. The van der Waals surface area contributed by atoms with E-state index in [1.165, 1.54) is 0 Å². The third-order valence-corrected chi connectivity index (χ3v) is 2.70. The number of ketones is 1. The number of rotatable bonds is 5. The molecule has 1 rings (SSSR count). The van der Waals surface area contributed by atoms with Gasteiger partial charge < -0.3 is 4.74 Å². The summed E-state index contributed by atoms with van der Waals surface area (Å²) in [7, 11) is 1.60. The first-order chi connectivity index (χ1) is 6.77. The van der Waals surface area contributed by atoms with Crippen LogP contribution in [0.15, 0.2) is 24.3 Å². The fourth-order valence-corrected chi connectivity index (χ4v) is 1.63. The Hall–Kier alpha value is -0.960. The van der Waals surface area contributed by atoms with Crippen molar-refractivity contribution in [2.45, 2.75) is 6.92 Å². The predicted molar refractivity (Wildman–Crippen MR) is 60.3 cm³/mol. The van der Waals surface area contributed by atoms with Crippen molar-refractivity contribution < 1.29 is 9.53 Å². The Balaban J connectivity index is 2.69. The van der Waals surface area contributed by atoms with Gasteiger partial charge in [0.2, 0.25) is 0 Å². The molecule has 0 radical (unpaired) electrons. The van der Waals surface area contributed by atoms with Crippen molar-refractivity contribution in [3.63, 3.8) is 0 Å². The van der Waals surface area contributed by atoms with E-state index in [1.54, 1.807) is 24.9 Å². The summed E-state index contributed by atoms with van der Waals surface area (Å²) in [6.07, 6.45) is 0. The number of methoxy groups -OCH3 is 1. The summed E-state index contributed by atoms with van der Waals surface area (Å²) in [4.78, 5) is 11.6. The van der Waals surface area contributed by atoms with E-state index in [2.05, 4.69) is 0 Å². The molecular weight excluding hydrogens is 196 g/mol. The van der Waals surface area contributed by atoms with Gasteiger partial charge in [0.1, 0.15) is 5.75 Å². The van der Waals surface area contributed by atoms with Gasteiger partial charge in [-0.3, -0.25) is 4.79 Å². The molecule has 0 aliphatic rings. The monoisotopic (exact) mass is 210 g/mol. The number of carbonyl (C=O) groups is 1.